The fourth-order valence-corrected chi connectivity index (χ4v) is 1.31. The van der Waals surface area contributed by atoms with Crippen LogP contribution in [0.4, 0.5) is 0 Å². The molecule has 0 aromatic carbocycles. The Morgan fingerprint density at radius 1 is 1.55 bits per heavy atom. The zero-order chi connectivity index (χ0) is 8.27. The molecule has 2 radical (unpaired) electrons. The summed E-state index contributed by atoms with van der Waals surface area (Å²) >= 11 is 0. The second-order valence-electron chi connectivity index (χ2n) is 2.68. The minimum absolute atomic E-state index is 0.000000000000000222. The van der Waals surface area contributed by atoms with Gasteiger partial charge in [-0.25, -0.2) is 0 Å². The van der Waals surface area contributed by atoms with Gasteiger partial charge in [-0.3, -0.25) is 0 Å². The van der Waals surface area contributed by atoms with E-state index in [1.807, 2.05) is 0 Å². The molecule has 1 aliphatic rings. The molecule has 0 aromatic heterocycles. The quantitative estimate of drug-likeness (QED) is 0.535. The second kappa shape index (κ2) is 4.09. The van der Waals surface area contributed by atoms with Gasteiger partial charge in [0, 0.05) is 20.2 Å². The molecule has 0 aromatic rings. The molecule has 1 aliphatic heterocycles. The predicted molar refractivity (Wildman–Crippen MR) is 41.7 cm³/mol. The summed E-state index contributed by atoms with van der Waals surface area (Å²) in [6.45, 7) is 0.548. The molecule has 0 amide bonds. The molecule has 0 bridgehead atoms. The number of hydrogen-bond acceptors (Lipinski definition) is 3. The zero-order valence-electron chi connectivity index (χ0n) is 6.95. The van der Waals surface area contributed by atoms with Crippen molar-refractivity contribution in [1.29, 1.82) is 0 Å². The largest absolute Gasteiger partial charge is 0.382 e. The first-order chi connectivity index (χ1) is 5.27. The summed E-state index contributed by atoms with van der Waals surface area (Å²) in [7, 11) is 8.86. The van der Waals surface area contributed by atoms with E-state index < -0.39 is 0 Å². The summed E-state index contributed by atoms with van der Waals surface area (Å²) < 4.78 is 15.4. The van der Waals surface area contributed by atoms with E-state index in [1.54, 1.807) is 14.2 Å². The number of rotatable bonds is 3. The van der Waals surface area contributed by atoms with Gasteiger partial charge in [-0.05, 0) is 6.42 Å². The normalized spacial score (nSPS) is 37.8. The Balaban J connectivity index is 2.37. The van der Waals surface area contributed by atoms with Gasteiger partial charge >= 0.3 is 0 Å². The van der Waals surface area contributed by atoms with Crippen LogP contribution in [0.2, 0.25) is 0 Å². The van der Waals surface area contributed by atoms with Crippen LogP contribution in [0.3, 0.4) is 0 Å². The summed E-state index contributed by atoms with van der Waals surface area (Å²) in [6.07, 6.45) is 0.842. The van der Waals surface area contributed by atoms with E-state index >= 15 is 0 Å². The van der Waals surface area contributed by atoms with Crippen molar-refractivity contribution in [3.63, 3.8) is 0 Å². The van der Waals surface area contributed by atoms with E-state index in [2.05, 4.69) is 0 Å². The monoisotopic (exact) mass is 156 g/mol. The Kier molecular flexibility index (Phi) is 3.36. The van der Waals surface area contributed by atoms with Crippen LogP contribution in [0.25, 0.3) is 0 Å². The third-order valence-corrected chi connectivity index (χ3v) is 1.86. The molecule has 0 saturated carbocycles. The number of ether oxygens (including phenoxy) is 3. The molecule has 0 N–H and O–H groups in total. The van der Waals surface area contributed by atoms with Crippen molar-refractivity contribution in [2.24, 2.45) is 0 Å². The standard InChI is InChI=1S/C7H13BO3/c1-9-4-6-5(10-2)3-7(8)11-6/h5-7H,3-4H2,1-2H3/t5?,6-,7-/m0/s1. The number of methoxy groups -OCH3 is 2. The van der Waals surface area contributed by atoms with Crippen LogP contribution in [0.1, 0.15) is 6.42 Å². The molecule has 3 atom stereocenters. The molecule has 1 rings (SSSR count). The lowest BCUT2D eigenvalue weighted by Gasteiger charge is -2.15. The summed E-state index contributed by atoms with van der Waals surface area (Å²) in [5, 5.41) is 0. The van der Waals surface area contributed by atoms with Crippen molar-refractivity contribution in [1.82, 2.24) is 0 Å². The topological polar surface area (TPSA) is 27.7 Å². The van der Waals surface area contributed by atoms with E-state index in [4.69, 9.17) is 22.1 Å². The van der Waals surface area contributed by atoms with E-state index in [1.165, 1.54) is 0 Å². The Bertz CT molecular complexity index is 120. The Labute approximate surface area is 68.4 Å². The fraction of sp³-hybridized carbons (Fsp3) is 1.00. The van der Waals surface area contributed by atoms with Gasteiger partial charge in [0.05, 0.1) is 12.7 Å². The lowest BCUT2D eigenvalue weighted by Crippen LogP contribution is -2.27. The maximum absolute atomic E-state index is 5.56. The average molecular weight is 156 g/mol. The summed E-state index contributed by atoms with van der Waals surface area (Å²) in [6, 6.07) is -0.194. The summed E-state index contributed by atoms with van der Waals surface area (Å²) in [5.41, 5.74) is 0. The molecule has 1 unspecified atom stereocenters. The van der Waals surface area contributed by atoms with Crippen LogP contribution >= 0.6 is 0 Å². The van der Waals surface area contributed by atoms with Gasteiger partial charge in [-0.1, -0.05) is 0 Å². The molecular formula is C7H13BO3. The van der Waals surface area contributed by atoms with Crippen molar-refractivity contribution in [2.45, 2.75) is 24.6 Å². The SMILES string of the molecule is [B][C@@H]1CC(OC)[C@H](COC)O1. The highest BCUT2D eigenvalue weighted by atomic mass is 16.6. The van der Waals surface area contributed by atoms with Gasteiger partial charge in [-0.15, -0.1) is 0 Å². The molecule has 62 valence electrons. The van der Waals surface area contributed by atoms with Gasteiger partial charge < -0.3 is 14.2 Å². The molecule has 3 nitrogen and oxygen atoms in total. The second-order valence-corrected chi connectivity index (χ2v) is 2.68. The van der Waals surface area contributed by atoms with Crippen molar-refractivity contribution in [3.8, 4) is 0 Å². The number of hydrogen-bond donors (Lipinski definition) is 0. The molecule has 0 spiro atoms. The van der Waals surface area contributed by atoms with E-state index in [0.29, 0.717) is 6.61 Å². The third-order valence-electron chi connectivity index (χ3n) is 1.86. The van der Waals surface area contributed by atoms with Crippen LogP contribution in [-0.2, 0) is 14.2 Å². The molecule has 1 fully saturated rings. The zero-order valence-corrected chi connectivity index (χ0v) is 6.95. The Hall–Kier alpha value is -0.0551. The Morgan fingerprint density at radius 3 is 2.82 bits per heavy atom. The highest BCUT2D eigenvalue weighted by molar-refractivity contribution is 6.11. The predicted octanol–water partition coefficient (Wildman–Crippen LogP) is -0.0687. The third kappa shape index (κ3) is 2.19. The minimum atomic E-state index is -0.194. The first-order valence-electron chi connectivity index (χ1n) is 3.70. The van der Waals surface area contributed by atoms with E-state index in [0.717, 1.165) is 6.42 Å². The highest BCUT2D eigenvalue weighted by Gasteiger charge is 2.32. The minimum Gasteiger partial charge on any atom is -0.382 e. The smallest absolute Gasteiger partial charge is 0.109 e. The summed E-state index contributed by atoms with van der Waals surface area (Å²) in [5.74, 6) is 0. The first kappa shape index (κ1) is 9.04. The summed E-state index contributed by atoms with van der Waals surface area (Å²) in [4.78, 5) is 0. The van der Waals surface area contributed by atoms with Gasteiger partial charge in [0.25, 0.3) is 0 Å². The van der Waals surface area contributed by atoms with Gasteiger partial charge in [0.1, 0.15) is 14.0 Å². The van der Waals surface area contributed by atoms with Crippen LogP contribution in [0.5, 0.6) is 0 Å². The first-order valence-corrected chi connectivity index (χ1v) is 3.70. The molecule has 0 aliphatic carbocycles. The molecule has 11 heavy (non-hydrogen) atoms. The van der Waals surface area contributed by atoms with Gasteiger partial charge in [0.15, 0.2) is 0 Å². The Morgan fingerprint density at radius 2 is 2.27 bits per heavy atom. The van der Waals surface area contributed by atoms with Crippen molar-refractivity contribution < 1.29 is 14.2 Å². The van der Waals surface area contributed by atoms with Crippen molar-refractivity contribution in [3.05, 3.63) is 0 Å². The fourth-order valence-electron chi connectivity index (χ4n) is 1.31. The lowest BCUT2D eigenvalue weighted by atomic mass is 9.96. The van der Waals surface area contributed by atoms with Crippen molar-refractivity contribution in [2.75, 3.05) is 20.8 Å². The maximum atomic E-state index is 5.56. The van der Waals surface area contributed by atoms with Crippen molar-refractivity contribution >= 4 is 7.85 Å². The maximum Gasteiger partial charge on any atom is 0.109 e. The molecular weight excluding hydrogens is 143 g/mol. The van der Waals surface area contributed by atoms with Crippen LogP contribution in [0.15, 0.2) is 0 Å². The van der Waals surface area contributed by atoms with E-state index in [-0.39, 0.29) is 18.2 Å². The van der Waals surface area contributed by atoms with E-state index in [9.17, 15) is 0 Å². The van der Waals surface area contributed by atoms with Gasteiger partial charge in [-0.2, -0.15) is 0 Å². The van der Waals surface area contributed by atoms with Gasteiger partial charge in [0.2, 0.25) is 0 Å². The molecule has 1 saturated heterocycles. The van der Waals surface area contributed by atoms with Crippen LogP contribution < -0.4 is 0 Å². The highest BCUT2D eigenvalue weighted by Crippen LogP contribution is 2.20. The average Bonchev–Trinajstić information content (AvgIpc) is 2.32. The van der Waals surface area contributed by atoms with Crippen LogP contribution in [0, 0.1) is 0 Å². The lowest BCUT2D eigenvalue weighted by molar-refractivity contribution is -0.0315. The molecule has 1 heterocycles. The van der Waals surface area contributed by atoms with Crippen LogP contribution in [-0.4, -0.2) is 46.9 Å². The molecule has 4 heteroatoms.